The number of hydrogen-bond donors (Lipinski definition) is 1. The molecule has 1 atom stereocenters. The Labute approximate surface area is 203 Å². The topological polar surface area (TPSA) is 81.8 Å². The van der Waals surface area contributed by atoms with Crippen LogP contribution in [0.15, 0.2) is 52.5 Å². The van der Waals surface area contributed by atoms with Crippen LogP contribution in [0, 0.1) is 13.8 Å². The summed E-state index contributed by atoms with van der Waals surface area (Å²) in [6.07, 6.45) is 1.66. The van der Waals surface area contributed by atoms with E-state index in [9.17, 15) is 9.59 Å². The molecule has 1 aliphatic rings. The van der Waals surface area contributed by atoms with Gasteiger partial charge in [0.15, 0.2) is 10.8 Å². The van der Waals surface area contributed by atoms with Crippen LogP contribution in [0.3, 0.4) is 0 Å². The zero-order chi connectivity index (χ0) is 23.3. The summed E-state index contributed by atoms with van der Waals surface area (Å²) in [6, 6.07) is 10.6. The minimum Gasteiger partial charge on any atom is -0.325 e. The van der Waals surface area contributed by atoms with Crippen molar-refractivity contribution in [1.82, 2.24) is 19.3 Å². The third-order valence-electron chi connectivity index (χ3n) is 5.73. The number of halogens is 2. The summed E-state index contributed by atoms with van der Waals surface area (Å²) in [4.78, 5) is 30.7. The Balaban J connectivity index is 1.45. The van der Waals surface area contributed by atoms with Crippen molar-refractivity contribution in [3.8, 4) is 5.69 Å². The zero-order valence-corrected chi connectivity index (χ0v) is 20.1. The molecule has 0 saturated heterocycles. The number of amides is 1. The van der Waals surface area contributed by atoms with Gasteiger partial charge in [-0.25, -0.2) is 9.67 Å². The van der Waals surface area contributed by atoms with Crippen LogP contribution in [0.5, 0.6) is 0 Å². The predicted octanol–water partition coefficient (Wildman–Crippen LogP) is 5.18. The van der Waals surface area contributed by atoms with Crippen molar-refractivity contribution < 1.29 is 4.79 Å². The van der Waals surface area contributed by atoms with Crippen LogP contribution in [0.2, 0.25) is 10.0 Å². The molecular formula is C23H19Cl2N5O2S. The van der Waals surface area contributed by atoms with E-state index in [1.54, 1.807) is 33.6 Å². The number of fused-ring (bicyclic) bond motifs is 2. The number of rotatable bonds is 4. The van der Waals surface area contributed by atoms with Crippen molar-refractivity contribution in [2.24, 2.45) is 0 Å². The van der Waals surface area contributed by atoms with E-state index in [0.29, 0.717) is 37.7 Å². The highest BCUT2D eigenvalue weighted by Gasteiger charge is 2.29. The summed E-state index contributed by atoms with van der Waals surface area (Å²) in [7, 11) is 0. The van der Waals surface area contributed by atoms with E-state index in [2.05, 4.69) is 10.4 Å². The summed E-state index contributed by atoms with van der Waals surface area (Å²) in [6.45, 7) is 4.08. The number of aromatic nitrogens is 4. The molecule has 33 heavy (non-hydrogen) atoms. The van der Waals surface area contributed by atoms with Crippen LogP contribution in [0.25, 0.3) is 16.7 Å². The number of nitrogens with zero attached hydrogens (tertiary/aromatic N) is 4. The number of carbonyl (C=O) groups excluding carboxylic acids is 1. The van der Waals surface area contributed by atoms with Gasteiger partial charge < -0.3 is 5.32 Å². The molecule has 0 spiro atoms. The van der Waals surface area contributed by atoms with E-state index in [1.807, 2.05) is 32.0 Å². The van der Waals surface area contributed by atoms with Gasteiger partial charge in [0.1, 0.15) is 5.39 Å². The molecule has 10 heteroatoms. The van der Waals surface area contributed by atoms with Crippen molar-refractivity contribution in [3.63, 3.8) is 0 Å². The van der Waals surface area contributed by atoms with Crippen molar-refractivity contribution in [2.45, 2.75) is 31.5 Å². The second-order valence-corrected chi connectivity index (χ2v) is 9.80. The molecular weight excluding hydrogens is 481 g/mol. The number of benzene rings is 2. The molecule has 7 nitrogen and oxygen atoms in total. The molecule has 3 heterocycles. The first-order chi connectivity index (χ1) is 15.8. The summed E-state index contributed by atoms with van der Waals surface area (Å²) in [5.74, 6) is 0.337. The van der Waals surface area contributed by atoms with Gasteiger partial charge >= 0.3 is 0 Å². The lowest BCUT2D eigenvalue weighted by Gasteiger charge is -2.14. The molecule has 2 aromatic carbocycles. The number of thioether (sulfide) groups is 1. The van der Waals surface area contributed by atoms with Crippen LogP contribution >= 0.6 is 35.0 Å². The van der Waals surface area contributed by atoms with Gasteiger partial charge in [-0.1, -0.05) is 41.0 Å². The fourth-order valence-electron chi connectivity index (χ4n) is 3.83. The number of nitrogens with one attached hydrogen (secondary N) is 1. The summed E-state index contributed by atoms with van der Waals surface area (Å²) >= 11 is 13.5. The normalized spacial score (nSPS) is 15.1. The highest BCUT2D eigenvalue weighted by molar-refractivity contribution is 7.99. The largest absolute Gasteiger partial charge is 0.325 e. The van der Waals surface area contributed by atoms with Crippen LogP contribution in [0.1, 0.15) is 23.6 Å². The second-order valence-electron chi connectivity index (χ2n) is 7.97. The van der Waals surface area contributed by atoms with E-state index < -0.39 is 0 Å². The SMILES string of the molecule is Cc1ccc(-n2ncc3c(=O)n4c(nc32)SCC4CC(=O)Nc2ccc(Cl)cc2Cl)cc1C. The number of hydrogen-bond acceptors (Lipinski definition) is 5. The highest BCUT2D eigenvalue weighted by atomic mass is 35.5. The average molecular weight is 500 g/mol. The van der Waals surface area contributed by atoms with Crippen LogP contribution in [-0.4, -0.2) is 31.0 Å². The maximum Gasteiger partial charge on any atom is 0.265 e. The maximum atomic E-state index is 13.3. The van der Waals surface area contributed by atoms with Crippen molar-refractivity contribution >= 4 is 57.6 Å². The Bertz CT molecular complexity index is 1480. The molecule has 168 valence electrons. The van der Waals surface area contributed by atoms with Crippen LogP contribution in [0.4, 0.5) is 5.69 Å². The molecule has 1 unspecified atom stereocenters. The first-order valence-electron chi connectivity index (χ1n) is 10.3. The third-order valence-corrected chi connectivity index (χ3v) is 7.38. The van der Waals surface area contributed by atoms with Gasteiger partial charge in [0.2, 0.25) is 5.91 Å². The smallest absolute Gasteiger partial charge is 0.265 e. The van der Waals surface area contributed by atoms with Gasteiger partial charge in [-0.15, -0.1) is 0 Å². The summed E-state index contributed by atoms with van der Waals surface area (Å²) < 4.78 is 3.29. The molecule has 4 aromatic rings. The second kappa shape index (κ2) is 8.52. The average Bonchev–Trinajstić information content (AvgIpc) is 3.37. The van der Waals surface area contributed by atoms with Crippen molar-refractivity contribution in [3.05, 3.63) is 74.1 Å². The number of anilines is 1. The molecule has 5 rings (SSSR count). The van der Waals surface area contributed by atoms with Crippen LogP contribution in [-0.2, 0) is 4.79 Å². The van der Waals surface area contributed by atoms with Gasteiger partial charge in [-0.05, 0) is 55.3 Å². The molecule has 0 fully saturated rings. The Morgan fingerprint density at radius 3 is 2.76 bits per heavy atom. The van der Waals surface area contributed by atoms with Gasteiger partial charge in [0.05, 0.1) is 28.6 Å². The first-order valence-corrected chi connectivity index (χ1v) is 12.0. The molecule has 1 aliphatic heterocycles. The Morgan fingerprint density at radius 1 is 1.18 bits per heavy atom. The molecule has 0 radical (unpaired) electrons. The summed E-state index contributed by atoms with van der Waals surface area (Å²) in [5, 5.41) is 9.07. The first kappa shape index (κ1) is 22.0. The van der Waals surface area contributed by atoms with E-state index in [4.69, 9.17) is 28.2 Å². The number of carbonyl (C=O) groups is 1. The maximum absolute atomic E-state index is 13.3. The molecule has 1 amide bonds. The van der Waals surface area contributed by atoms with Gasteiger partial charge in [0, 0.05) is 17.2 Å². The lowest BCUT2D eigenvalue weighted by molar-refractivity contribution is -0.116. The molecule has 0 saturated carbocycles. The van der Waals surface area contributed by atoms with E-state index in [0.717, 1.165) is 11.3 Å². The van der Waals surface area contributed by atoms with E-state index in [-0.39, 0.29) is 23.9 Å². The van der Waals surface area contributed by atoms with Crippen LogP contribution < -0.4 is 10.9 Å². The minimum atomic E-state index is -0.314. The van der Waals surface area contributed by atoms with Gasteiger partial charge in [-0.3, -0.25) is 14.2 Å². The molecule has 0 bridgehead atoms. The molecule has 2 aromatic heterocycles. The Hall–Kier alpha value is -2.81. The lowest BCUT2D eigenvalue weighted by Crippen LogP contribution is -2.27. The molecule has 1 N–H and O–H groups in total. The Kier molecular flexibility index (Phi) is 5.68. The lowest BCUT2D eigenvalue weighted by atomic mass is 10.1. The fraction of sp³-hybridized carbons (Fsp3) is 0.217. The van der Waals surface area contributed by atoms with Gasteiger partial charge in [0.25, 0.3) is 5.56 Å². The number of aryl methyl sites for hydroxylation is 2. The van der Waals surface area contributed by atoms with Crippen molar-refractivity contribution in [1.29, 1.82) is 0 Å². The fourth-order valence-corrected chi connectivity index (χ4v) is 5.42. The summed E-state index contributed by atoms with van der Waals surface area (Å²) in [5.41, 5.74) is 3.96. The monoisotopic (exact) mass is 499 g/mol. The van der Waals surface area contributed by atoms with E-state index in [1.165, 1.54) is 17.3 Å². The minimum absolute atomic E-state index is 0.122. The van der Waals surface area contributed by atoms with Gasteiger partial charge in [-0.2, -0.15) is 5.10 Å². The molecule has 0 aliphatic carbocycles. The van der Waals surface area contributed by atoms with E-state index >= 15 is 0 Å². The standard InChI is InChI=1S/C23H19Cl2N5O2S/c1-12-3-5-15(7-13(12)2)30-21-17(10-26-30)22(32)29-16(11-33-23(29)28-21)9-20(31)27-19-6-4-14(24)8-18(19)25/h3-8,10,16H,9,11H2,1-2H3,(H,27,31). The highest BCUT2D eigenvalue weighted by Crippen LogP contribution is 2.34. The Morgan fingerprint density at radius 2 is 2.00 bits per heavy atom. The zero-order valence-electron chi connectivity index (χ0n) is 17.8. The third kappa shape index (κ3) is 4.03. The van der Waals surface area contributed by atoms with Crippen molar-refractivity contribution in [2.75, 3.05) is 11.1 Å². The quantitative estimate of drug-likeness (QED) is 0.391. The predicted molar refractivity (Wildman–Crippen MR) is 132 cm³/mol.